The van der Waals surface area contributed by atoms with Gasteiger partial charge in [0.15, 0.2) is 0 Å². The minimum absolute atomic E-state index is 0.251. The van der Waals surface area contributed by atoms with Gasteiger partial charge in [-0.05, 0) is 72.5 Å². The highest BCUT2D eigenvalue weighted by atomic mass is 35.5. The molecular formula is C26H19ClF3NO2. The van der Waals surface area contributed by atoms with E-state index >= 15 is 0 Å². The molecule has 1 unspecified atom stereocenters. The Balaban J connectivity index is 1.54. The molecule has 0 radical (unpaired) electrons. The number of alkyl halides is 3. The van der Waals surface area contributed by atoms with E-state index in [0.717, 1.165) is 28.5 Å². The second-order valence-corrected chi connectivity index (χ2v) is 7.94. The summed E-state index contributed by atoms with van der Waals surface area (Å²) < 4.78 is 44.1. The van der Waals surface area contributed by atoms with Crippen LogP contribution >= 0.6 is 11.6 Å². The van der Waals surface area contributed by atoms with Gasteiger partial charge in [0.1, 0.15) is 11.5 Å². The van der Waals surface area contributed by atoms with Crippen molar-refractivity contribution in [2.24, 2.45) is 0 Å². The molecular weight excluding hydrogens is 451 g/mol. The molecule has 33 heavy (non-hydrogen) atoms. The topological polar surface area (TPSA) is 38.3 Å². The molecule has 1 N–H and O–H groups in total. The lowest BCUT2D eigenvalue weighted by Gasteiger charge is -2.16. The fourth-order valence-electron chi connectivity index (χ4n) is 3.51. The predicted molar refractivity (Wildman–Crippen MR) is 123 cm³/mol. The number of amides is 1. The average molecular weight is 470 g/mol. The lowest BCUT2D eigenvalue weighted by Crippen LogP contribution is -2.26. The van der Waals surface area contributed by atoms with Crippen molar-refractivity contribution in [3.63, 3.8) is 0 Å². The molecule has 168 valence electrons. The van der Waals surface area contributed by atoms with E-state index in [2.05, 4.69) is 5.32 Å². The lowest BCUT2D eigenvalue weighted by atomic mass is 10.0. The molecule has 0 aliphatic carbocycles. The van der Waals surface area contributed by atoms with Crippen molar-refractivity contribution >= 4 is 28.3 Å². The van der Waals surface area contributed by atoms with Crippen molar-refractivity contribution in [2.45, 2.75) is 19.1 Å². The Hall–Kier alpha value is -3.51. The fraction of sp³-hybridized carbons (Fsp3) is 0.115. The van der Waals surface area contributed by atoms with E-state index in [1.807, 2.05) is 31.2 Å². The van der Waals surface area contributed by atoms with Crippen LogP contribution in [0, 0.1) is 0 Å². The summed E-state index contributed by atoms with van der Waals surface area (Å²) in [6.07, 6.45) is -4.40. The minimum atomic E-state index is -4.40. The van der Waals surface area contributed by atoms with Gasteiger partial charge in [0.25, 0.3) is 5.91 Å². The lowest BCUT2D eigenvalue weighted by molar-refractivity contribution is -0.137. The summed E-state index contributed by atoms with van der Waals surface area (Å²) in [5.74, 6) is 0.507. The Bertz CT molecular complexity index is 1300. The Morgan fingerprint density at radius 2 is 1.67 bits per heavy atom. The highest BCUT2D eigenvalue weighted by Crippen LogP contribution is 2.34. The van der Waals surface area contributed by atoms with Gasteiger partial charge < -0.3 is 10.1 Å². The standard InChI is InChI=1S/C26H19ClF3NO2/c1-16(21-6-2-3-7-23(21)27)31-25(32)18-9-14-22-17(15-18)5-4-8-24(22)33-20-12-10-19(11-13-20)26(28,29)30/h2-16H,1H3,(H,31,32). The molecule has 4 aromatic rings. The van der Waals surface area contributed by atoms with Gasteiger partial charge in [0, 0.05) is 16.0 Å². The second-order valence-electron chi connectivity index (χ2n) is 7.53. The Morgan fingerprint density at radius 3 is 2.36 bits per heavy atom. The highest BCUT2D eigenvalue weighted by Gasteiger charge is 2.30. The molecule has 3 nitrogen and oxygen atoms in total. The van der Waals surface area contributed by atoms with Crippen LogP contribution in [0.1, 0.15) is 34.5 Å². The van der Waals surface area contributed by atoms with Gasteiger partial charge in [0.2, 0.25) is 0 Å². The molecule has 0 saturated carbocycles. The summed E-state index contributed by atoms with van der Waals surface area (Å²) in [5, 5.41) is 5.01. The normalized spacial score (nSPS) is 12.4. The first kappa shape index (κ1) is 22.7. The summed E-state index contributed by atoms with van der Waals surface area (Å²) in [6, 6.07) is 22.0. The first-order valence-corrected chi connectivity index (χ1v) is 10.5. The first-order valence-electron chi connectivity index (χ1n) is 10.2. The van der Waals surface area contributed by atoms with Crippen LogP contribution in [0.15, 0.2) is 84.9 Å². The highest BCUT2D eigenvalue weighted by molar-refractivity contribution is 6.31. The molecule has 0 aromatic heterocycles. The van der Waals surface area contributed by atoms with Gasteiger partial charge in [-0.3, -0.25) is 4.79 Å². The second kappa shape index (κ2) is 9.16. The molecule has 0 saturated heterocycles. The maximum Gasteiger partial charge on any atom is 0.416 e. The van der Waals surface area contributed by atoms with Crippen LogP contribution in [0.5, 0.6) is 11.5 Å². The number of hydrogen-bond donors (Lipinski definition) is 1. The molecule has 1 amide bonds. The van der Waals surface area contributed by atoms with E-state index in [4.69, 9.17) is 16.3 Å². The Labute approximate surface area is 193 Å². The van der Waals surface area contributed by atoms with Gasteiger partial charge in [0.05, 0.1) is 11.6 Å². The van der Waals surface area contributed by atoms with Gasteiger partial charge >= 0.3 is 6.18 Å². The SMILES string of the molecule is CC(NC(=O)c1ccc2c(Oc3ccc(C(F)(F)F)cc3)cccc2c1)c1ccccc1Cl. The molecule has 0 aliphatic rings. The summed E-state index contributed by atoms with van der Waals surface area (Å²) in [6.45, 7) is 1.86. The number of halogens is 4. The Morgan fingerprint density at radius 1 is 0.939 bits per heavy atom. The van der Waals surface area contributed by atoms with E-state index in [9.17, 15) is 18.0 Å². The number of carbonyl (C=O) groups excluding carboxylic acids is 1. The van der Waals surface area contributed by atoms with Crippen LogP contribution in [-0.4, -0.2) is 5.91 Å². The molecule has 4 aromatic carbocycles. The van der Waals surface area contributed by atoms with Gasteiger partial charge in [-0.25, -0.2) is 0 Å². The van der Waals surface area contributed by atoms with Crippen LogP contribution in [0.3, 0.4) is 0 Å². The summed E-state index contributed by atoms with van der Waals surface area (Å²) in [7, 11) is 0. The predicted octanol–water partition coefficient (Wildman–Crippen LogP) is 7.80. The summed E-state index contributed by atoms with van der Waals surface area (Å²) >= 11 is 6.22. The third kappa shape index (κ3) is 5.12. The van der Waals surface area contributed by atoms with Crippen molar-refractivity contribution in [3.8, 4) is 11.5 Å². The number of fused-ring (bicyclic) bond motifs is 1. The fourth-order valence-corrected chi connectivity index (χ4v) is 3.81. The van der Waals surface area contributed by atoms with Gasteiger partial charge in [-0.15, -0.1) is 0 Å². The maximum atomic E-state index is 12.8. The van der Waals surface area contributed by atoms with Crippen molar-refractivity contribution in [3.05, 3.63) is 107 Å². The zero-order valence-electron chi connectivity index (χ0n) is 17.5. The quantitative estimate of drug-likeness (QED) is 0.324. The largest absolute Gasteiger partial charge is 0.457 e. The number of rotatable bonds is 5. The van der Waals surface area contributed by atoms with E-state index < -0.39 is 11.7 Å². The van der Waals surface area contributed by atoms with Crippen molar-refractivity contribution < 1.29 is 22.7 Å². The number of nitrogens with one attached hydrogen (secondary N) is 1. The van der Waals surface area contributed by atoms with Crippen LogP contribution in [-0.2, 0) is 6.18 Å². The van der Waals surface area contributed by atoms with Crippen molar-refractivity contribution in [2.75, 3.05) is 0 Å². The third-order valence-electron chi connectivity index (χ3n) is 5.23. The van der Waals surface area contributed by atoms with E-state index in [1.54, 1.807) is 36.4 Å². The van der Waals surface area contributed by atoms with Crippen molar-refractivity contribution in [1.82, 2.24) is 5.32 Å². The zero-order valence-corrected chi connectivity index (χ0v) is 18.2. The van der Waals surface area contributed by atoms with E-state index in [-0.39, 0.29) is 17.7 Å². The monoisotopic (exact) mass is 469 g/mol. The molecule has 0 heterocycles. The van der Waals surface area contributed by atoms with Crippen LogP contribution in [0.25, 0.3) is 10.8 Å². The van der Waals surface area contributed by atoms with Crippen LogP contribution < -0.4 is 10.1 Å². The zero-order chi connectivity index (χ0) is 23.6. The molecule has 0 spiro atoms. The number of benzene rings is 4. The smallest absolute Gasteiger partial charge is 0.416 e. The number of hydrogen-bond acceptors (Lipinski definition) is 2. The summed E-state index contributed by atoms with van der Waals surface area (Å²) in [5.41, 5.74) is 0.544. The molecule has 0 bridgehead atoms. The van der Waals surface area contributed by atoms with E-state index in [0.29, 0.717) is 16.3 Å². The van der Waals surface area contributed by atoms with Gasteiger partial charge in [-0.1, -0.05) is 41.9 Å². The summed E-state index contributed by atoms with van der Waals surface area (Å²) in [4.78, 5) is 12.8. The maximum absolute atomic E-state index is 12.8. The van der Waals surface area contributed by atoms with Crippen LogP contribution in [0.4, 0.5) is 13.2 Å². The van der Waals surface area contributed by atoms with Gasteiger partial charge in [-0.2, -0.15) is 13.2 Å². The molecule has 1 atom stereocenters. The molecule has 7 heteroatoms. The first-order chi connectivity index (χ1) is 15.7. The number of carbonyl (C=O) groups is 1. The minimum Gasteiger partial charge on any atom is -0.457 e. The third-order valence-corrected chi connectivity index (χ3v) is 5.58. The molecule has 0 aliphatic heterocycles. The molecule has 4 rings (SSSR count). The number of ether oxygens (including phenoxy) is 1. The molecule has 0 fully saturated rings. The van der Waals surface area contributed by atoms with Crippen LogP contribution in [0.2, 0.25) is 5.02 Å². The average Bonchev–Trinajstić information content (AvgIpc) is 2.79. The Kier molecular flexibility index (Phi) is 6.29. The van der Waals surface area contributed by atoms with E-state index in [1.165, 1.54) is 12.1 Å². The van der Waals surface area contributed by atoms with Crippen molar-refractivity contribution in [1.29, 1.82) is 0 Å².